The average molecular weight is 266 g/mol. The fourth-order valence-electron chi connectivity index (χ4n) is 3.89. The van der Waals surface area contributed by atoms with Crippen molar-refractivity contribution in [1.82, 2.24) is 4.90 Å². The van der Waals surface area contributed by atoms with Crippen molar-refractivity contribution in [2.75, 3.05) is 20.1 Å². The van der Waals surface area contributed by atoms with Crippen molar-refractivity contribution in [2.45, 2.75) is 64.2 Å². The Hall–Kier alpha value is -0.570. The molecule has 0 aromatic carbocycles. The molecule has 0 aromatic rings. The molecule has 19 heavy (non-hydrogen) atoms. The summed E-state index contributed by atoms with van der Waals surface area (Å²) in [7, 11) is 1.98. The molecule has 2 aliphatic carbocycles. The van der Waals surface area contributed by atoms with Gasteiger partial charge >= 0.3 is 0 Å². The normalized spacial score (nSPS) is 23.5. The molecule has 0 unspecified atom stereocenters. The van der Waals surface area contributed by atoms with Crippen LogP contribution in [-0.2, 0) is 4.79 Å². The summed E-state index contributed by atoms with van der Waals surface area (Å²) in [6.45, 7) is 1.63. The summed E-state index contributed by atoms with van der Waals surface area (Å²) >= 11 is 0. The van der Waals surface area contributed by atoms with Crippen molar-refractivity contribution in [3.05, 3.63) is 0 Å². The number of carbonyl (C=O) groups is 1. The Morgan fingerprint density at radius 2 is 1.79 bits per heavy atom. The van der Waals surface area contributed by atoms with E-state index in [-0.39, 0.29) is 5.41 Å². The maximum Gasteiger partial charge on any atom is 0.222 e. The van der Waals surface area contributed by atoms with Gasteiger partial charge < -0.3 is 10.6 Å². The van der Waals surface area contributed by atoms with E-state index in [1.54, 1.807) is 0 Å². The first-order valence-electron chi connectivity index (χ1n) is 8.09. The highest BCUT2D eigenvalue weighted by Crippen LogP contribution is 2.38. The van der Waals surface area contributed by atoms with Gasteiger partial charge in [0.2, 0.25) is 5.91 Å². The minimum Gasteiger partial charge on any atom is -0.345 e. The first kappa shape index (κ1) is 14.8. The van der Waals surface area contributed by atoms with Crippen molar-refractivity contribution in [3.8, 4) is 0 Å². The van der Waals surface area contributed by atoms with Gasteiger partial charge in [-0.25, -0.2) is 0 Å². The molecule has 2 rings (SSSR count). The molecule has 0 aliphatic heterocycles. The summed E-state index contributed by atoms with van der Waals surface area (Å²) in [5.41, 5.74) is 6.09. The molecule has 110 valence electrons. The molecular weight excluding hydrogens is 236 g/mol. The highest BCUT2D eigenvalue weighted by molar-refractivity contribution is 5.76. The SMILES string of the molecule is CN(CC1CCCC1)C(=O)CC1(CN)CCCCC1. The largest absolute Gasteiger partial charge is 0.345 e. The second-order valence-corrected chi connectivity index (χ2v) is 6.87. The van der Waals surface area contributed by atoms with Crippen molar-refractivity contribution in [2.24, 2.45) is 17.1 Å². The Bertz CT molecular complexity index is 291. The predicted molar refractivity (Wildman–Crippen MR) is 78.8 cm³/mol. The molecule has 0 atom stereocenters. The Labute approximate surface area is 117 Å². The van der Waals surface area contributed by atoms with Crippen LogP contribution in [0.5, 0.6) is 0 Å². The van der Waals surface area contributed by atoms with Gasteiger partial charge in [-0.2, -0.15) is 0 Å². The third-order valence-electron chi connectivity index (χ3n) is 5.31. The molecule has 1 amide bonds. The van der Waals surface area contributed by atoms with Gasteiger partial charge in [0.15, 0.2) is 0 Å². The molecule has 0 bridgehead atoms. The van der Waals surface area contributed by atoms with Gasteiger partial charge in [0, 0.05) is 20.0 Å². The molecule has 0 spiro atoms. The van der Waals surface area contributed by atoms with Crippen LogP contribution in [0.15, 0.2) is 0 Å². The lowest BCUT2D eigenvalue weighted by Gasteiger charge is -2.37. The van der Waals surface area contributed by atoms with Crippen LogP contribution < -0.4 is 5.73 Å². The standard InChI is InChI=1S/C16H30N2O/c1-18(12-14-7-3-4-8-14)15(19)11-16(13-17)9-5-2-6-10-16/h14H,2-13,17H2,1H3. The Balaban J connectivity index is 1.83. The van der Waals surface area contributed by atoms with Crippen LogP contribution in [-0.4, -0.2) is 30.9 Å². The van der Waals surface area contributed by atoms with E-state index >= 15 is 0 Å². The zero-order valence-corrected chi connectivity index (χ0v) is 12.5. The van der Waals surface area contributed by atoms with Gasteiger partial charge in [-0.3, -0.25) is 4.79 Å². The maximum atomic E-state index is 12.4. The smallest absolute Gasteiger partial charge is 0.222 e. The van der Waals surface area contributed by atoms with E-state index < -0.39 is 0 Å². The maximum absolute atomic E-state index is 12.4. The highest BCUT2D eigenvalue weighted by Gasteiger charge is 2.34. The number of rotatable bonds is 5. The van der Waals surface area contributed by atoms with Gasteiger partial charge in [-0.1, -0.05) is 32.1 Å². The third kappa shape index (κ3) is 3.95. The van der Waals surface area contributed by atoms with Gasteiger partial charge in [-0.15, -0.1) is 0 Å². The summed E-state index contributed by atoms with van der Waals surface area (Å²) in [4.78, 5) is 14.4. The summed E-state index contributed by atoms with van der Waals surface area (Å²) < 4.78 is 0. The first-order chi connectivity index (χ1) is 9.15. The third-order valence-corrected chi connectivity index (χ3v) is 5.31. The lowest BCUT2D eigenvalue weighted by atomic mass is 9.71. The number of nitrogens with two attached hydrogens (primary N) is 1. The zero-order valence-electron chi connectivity index (χ0n) is 12.5. The molecule has 3 heteroatoms. The van der Waals surface area contributed by atoms with Gasteiger partial charge in [0.05, 0.1) is 0 Å². The van der Waals surface area contributed by atoms with Crippen LogP contribution in [0.1, 0.15) is 64.2 Å². The summed E-state index contributed by atoms with van der Waals surface area (Å²) in [5.74, 6) is 1.06. The molecule has 3 nitrogen and oxygen atoms in total. The zero-order chi connectivity index (χ0) is 13.7. The van der Waals surface area contributed by atoms with E-state index in [0.29, 0.717) is 18.9 Å². The van der Waals surface area contributed by atoms with Crippen LogP contribution in [0.3, 0.4) is 0 Å². The molecule has 0 saturated heterocycles. The van der Waals surface area contributed by atoms with Crippen LogP contribution in [0, 0.1) is 11.3 Å². The monoisotopic (exact) mass is 266 g/mol. The second-order valence-electron chi connectivity index (χ2n) is 6.87. The summed E-state index contributed by atoms with van der Waals surface area (Å²) in [6, 6.07) is 0. The lowest BCUT2D eigenvalue weighted by Crippen LogP contribution is -2.40. The molecular formula is C16H30N2O. The van der Waals surface area contributed by atoms with Crippen molar-refractivity contribution < 1.29 is 4.79 Å². The Morgan fingerprint density at radius 1 is 1.16 bits per heavy atom. The molecule has 2 N–H and O–H groups in total. The number of hydrogen-bond donors (Lipinski definition) is 1. The topological polar surface area (TPSA) is 46.3 Å². The first-order valence-corrected chi connectivity index (χ1v) is 8.09. The van der Waals surface area contributed by atoms with Crippen LogP contribution in [0.2, 0.25) is 0 Å². The molecule has 2 saturated carbocycles. The molecule has 0 aromatic heterocycles. The van der Waals surface area contributed by atoms with Crippen molar-refractivity contribution >= 4 is 5.91 Å². The number of amides is 1. The molecule has 0 radical (unpaired) electrons. The fourth-order valence-corrected chi connectivity index (χ4v) is 3.89. The van der Waals surface area contributed by atoms with Gasteiger partial charge in [0.25, 0.3) is 0 Å². The molecule has 2 fully saturated rings. The van der Waals surface area contributed by atoms with Gasteiger partial charge in [-0.05, 0) is 43.6 Å². The van der Waals surface area contributed by atoms with E-state index in [9.17, 15) is 4.79 Å². The lowest BCUT2D eigenvalue weighted by molar-refractivity contribution is -0.133. The minimum atomic E-state index is 0.110. The number of carbonyl (C=O) groups excluding carboxylic acids is 1. The highest BCUT2D eigenvalue weighted by atomic mass is 16.2. The van der Waals surface area contributed by atoms with E-state index in [2.05, 4.69) is 0 Å². The van der Waals surface area contributed by atoms with Crippen LogP contribution in [0.4, 0.5) is 0 Å². The van der Waals surface area contributed by atoms with Crippen LogP contribution >= 0.6 is 0 Å². The number of hydrogen-bond acceptors (Lipinski definition) is 2. The number of nitrogens with zero attached hydrogens (tertiary/aromatic N) is 1. The minimum absolute atomic E-state index is 0.110. The average Bonchev–Trinajstić information content (AvgIpc) is 2.92. The molecule has 0 heterocycles. The van der Waals surface area contributed by atoms with Crippen molar-refractivity contribution in [3.63, 3.8) is 0 Å². The fraction of sp³-hybridized carbons (Fsp3) is 0.938. The Morgan fingerprint density at radius 3 is 2.37 bits per heavy atom. The van der Waals surface area contributed by atoms with E-state index in [4.69, 9.17) is 5.73 Å². The predicted octanol–water partition coefficient (Wildman–Crippen LogP) is 2.93. The summed E-state index contributed by atoms with van der Waals surface area (Å²) in [6.07, 6.45) is 12.1. The summed E-state index contributed by atoms with van der Waals surface area (Å²) in [5, 5.41) is 0. The van der Waals surface area contributed by atoms with E-state index in [1.165, 1.54) is 44.9 Å². The van der Waals surface area contributed by atoms with Crippen LogP contribution in [0.25, 0.3) is 0 Å². The van der Waals surface area contributed by atoms with E-state index in [1.807, 2.05) is 11.9 Å². The van der Waals surface area contributed by atoms with Gasteiger partial charge in [0.1, 0.15) is 0 Å². The van der Waals surface area contributed by atoms with Crippen molar-refractivity contribution in [1.29, 1.82) is 0 Å². The Kier molecular flexibility index (Phi) is 5.26. The molecule has 2 aliphatic rings. The van der Waals surface area contributed by atoms with E-state index in [0.717, 1.165) is 25.3 Å². The second kappa shape index (κ2) is 6.74. The quantitative estimate of drug-likeness (QED) is 0.831.